The molecule has 5 fully saturated rings. The number of nitrogens with zero attached hydrogens (tertiary/aromatic N) is 4. The van der Waals surface area contributed by atoms with Crippen LogP contribution < -0.4 is 48.9 Å². The van der Waals surface area contributed by atoms with Crippen LogP contribution in [0, 0.1) is 35.0 Å². The Labute approximate surface area is 729 Å². The van der Waals surface area contributed by atoms with Crippen molar-refractivity contribution in [1.29, 1.82) is 0 Å². The first kappa shape index (κ1) is 92.2. The molecule has 39 heteroatoms. The number of ether oxygens (including phenoxy) is 15. The number of alkyl carbamates (subject to hydrolysis) is 1. The van der Waals surface area contributed by atoms with E-state index < -0.39 is 140 Å². The van der Waals surface area contributed by atoms with Crippen molar-refractivity contribution in [2.45, 2.75) is 183 Å². The van der Waals surface area contributed by atoms with E-state index in [-0.39, 0.29) is 172 Å². The van der Waals surface area contributed by atoms with Crippen LogP contribution in [0.4, 0.5) is 31.4 Å². The van der Waals surface area contributed by atoms with Crippen molar-refractivity contribution in [1.82, 2.24) is 15.1 Å². The molecule has 6 amide bonds. The number of aliphatic hydroxyl groups is 8. The zero-order chi connectivity index (χ0) is 89.7. The second-order valence-electron chi connectivity index (χ2n) is 32.5. The monoisotopic (exact) mass is 1770 g/mol. The summed E-state index contributed by atoms with van der Waals surface area (Å²) < 4.78 is 86.1. The number of carbonyl (C=O) groups excluding carboxylic acids is 6. The molecule has 14 rings (SSSR count). The van der Waals surface area contributed by atoms with E-state index in [2.05, 4.69) is 22.5 Å². The fraction of sp³-hybridized carbons (Fsp3) is 0.545. The van der Waals surface area contributed by atoms with Crippen LogP contribution in [-0.2, 0) is 83.2 Å². The number of aliphatic carboxylic acids is 2. The standard InChI is InChI=1S/C88H106N6O33/c1-113-64-38-55-59(93(79(104)61-37-50-12-8-9-13-51(50)43-91(61)77(55)102)86(111)122-44-48-16-19-52(20-17-48)124-83-73(100)69(96)71(98)75(126-83)81(106)107)40-66(64)119-26-10-5-11-27-120-67-41-60-56(39-65(67)114-2)78(103)92-47-88(23-24-88)42-62(92)80(105)94(60)87(112)123-45-49-18-21-63(125-84-74(101)70(97)72(99)76(127-84)82(108)109)58(36-49)90-68(95)22-28-115-30-32-117-34-35-118-33-31-116-29-25-89-85(110)121-46-57-53-14-6-3-4-7-15-54(53)57/h8-9,12-13,16-21,36,38-41,53-54,57,61-62,69-76,79-80,83-84,96-101,104-105H,5-7,10-11,14-15,22-35,37,42-47H2,1-2H3,(H,89,110)(H,90,95)(H,106,107)(H,108,109)/t53-,54+,57?,61-,62-,69-,70-,71-,72-,73+,74+,75-,76-,79-,80-,83+,84+/m0/s1. The molecule has 6 heterocycles. The lowest BCUT2D eigenvalue weighted by Gasteiger charge is -2.39. The van der Waals surface area contributed by atoms with E-state index in [0.717, 1.165) is 59.5 Å². The molecule has 3 aliphatic carbocycles. The third kappa shape index (κ3) is 21.7. The highest BCUT2D eigenvalue weighted by Crippen LogP contribution is 2.57. The van der Waals surface area contributed by atoms with Gasteiger partial charge in [-0.15, -0.1) is 11.8 Å². The van der Waals surface area contributed by atoms with Crippen LogP contribution in [0.1, 0.15) is 114 Å². The van der Waals surface area contributed by atoms with E-state index in [1.54, 1.807) is 4.90 Å². The van der Waals surface area contributed by atoms with Gasteiger partial charge in [0.1, 0.15) is 61.3 Å². The van der Waals surface area contributed by atoms with E-state index >= 15 is 0 Å². The number of unbranched alkanes of at least 4 members (excludes halogenated alkanes) is 2. The van der Waals surface area contributed by atoms with Gasteiger partial charge in [0.2, 0.25) is 18.5 Å². The van der Waals surface area contributed by atoms with E-state index in [4.69, 9.17) is 71.1 Å². The van der Waals surface area contributed by atoms with Crippen molar-refractivity contribution in [3.05, 3.63) is 124 Å². The van der Waals surface area contributed by atoms with Crippen molar-refractivity contribution in [3.8, 4) is 46.3 Å². The quantitative estimate of drug-likeness (QED) is 0.0151. The number of nitrogens with one attached hydrogen (secondary N) is 2. The minimum Gasteiger partial charge on any atom is -0.493 e. The SMILES string of the molecule is COc1cc2c(cc1OCCCCCOc1cc3c(cc1OC)C(=O)N1CC4(CC4)C[C@H]1[C@H](O)N3C(=O)OCc1ccc(O[C@@H]3O[C@H](C(=O)O)[C@@H](O)[C@H](O)[C@H]3O)c(NC(=O)CCOCCOCCOCCOCCNC(=O)OCC3[C@H]4CCC#CCC[C@@H]34)c1)N(C(=O)OCc1ccc(O[C@@H]3O[C@H](C(=O)O)[C@@H](O)[C@H](O)[C@H]3O)cc1)[C@@H](O)[C@@H]1Cc3ccccc3CN1C2=O. The van der Waals surface area contributed by atoms with Gasteiger partial charge >= 0.3 is 30.2 Å². The molecule has 5 aromatic rings. The minimum atomic E-state index is -2.05. The van der Waals surface area contributed by atoms with Gasteiger partial charge in [-0.25, -0.2) is 33.8 Å². The van der Waals surface area contributed by atoms with Gasteiger partial charge in [0.15, 0.2) is 47.7 Å². The molecule has 1 spiro atoms. The van der Waals surface area contributed by atoms with Gasteiger partial charge in [-0.2, -0.15) is 0 Å². The Morgan fingerprint density at radius 2 is 1.05 bits per heavy atom. The largest absolute Gasteiger partial charge is 0.493 e. The summed E-state index contributed by atoms with van der Waals surface area (Å²) in [7, 11) is 2.76. The summed E-state index contributed by atoms with van der Waals surface area (Å²) in [6.07, 6.45) is -18.2. The summed E-state index contributed by atoms with van der Waals surface area (Å²) in [4.78, 5) is 114. The Kier molecular flexibility index (Phi) is 30.4. The van der Waals surface area contributed by atoms with Crippen molar-refractivity contribution in [3.63, 3.8) is 0 Å². The molecule has 1 unspecified atom stereocenters. The first-order chi connectivity index (χ1) is 61.3. The average molecular weight is 1780 g/mol. The van der Waals surface area contributed by atoms with E-state index in [1.165, 1.54) is 85.8 Å². The first-order valence-electron chi connectivity index (χ1n) is 42.4. The van der Waals surface area contributed by atoms with Gasteiger partial charge in [-0.3, -0.25) is 14.4 Å². The number of hydrogen-bond acceptors (Lipinski definition) is 31. The number of carboxylic acid groups (broad SMARTS) is 2. The Morgan fingerprint density at radius 1 is 0.528 bits per heavy atom. The number of methoxy groups -OCH3 is 2. The number of aliphatic hydroxyl groups excluding tert-OH is 8. The molecule has 127 heavy (non-hydrogen) atoms. The summed E-state index contributed by atoms with van der Waals surface area (Å²) in [5.74, 6) is 3.33. The Balaban J connectivity index is 0.584. The van der Waals surface area contributed by atoms with Crippen LogP contribution in [-0.4, -0.2) is 295 Å². The van der Waals surface area contributed by atoms with E-state index in [1.807, 2.05) is 24.3 Å². The predicted molar refractivity (Wildman–Crippen MR) is 438 cm³/mol. The summed E-state index contributed by atoms with van der Waals surface area (Å²) >= 11 is 0. The van der Waals surface area contributed by atoms with Gasteiger partial charge in [-0.1, -0.05) is 42.5 Å². The third-order valence-corrected chi connectivity index (χ3v) is 24.2. The summed E-state index contributed by atoms with van der Waals surface area (Å²) in [5, 5.41) is 112. The van der Waals surface area contributed by atoms with E-state index in [0.29, 0.717) is 62.2 Å². The molecule has 0 bridgehead atoms. The van der Waals surface area contributed by atoms with Crippen LogP contribution >= 0.6 is 0 Å². The topological polar surface area (TPSA) is 514 Å². The third-order valence-electron chi connectivity index (χ3n) is 24.2. The van der Waals surface area contributed by atoms with Crippen molar-refractivity contribution in [2.75, 3.05) is 115 Å². The Bertz CT molecular complexity index is 4800. The highest BCUT2D eigenvalue weighted by atomic mass is 16.7. The molecule has 39 nitrogen and oxygen atoms in total. The molecule has 9 aliphatic rings. The number of hydrogen-bond donors (Lipinski definition) is 12. The van der Waals surface area contributed by atoms with Gasteiger partial charge in [0, 0.05) is 44.6 Å². The minimum absolute atomic E-state index is 0.00558. The maximum Gasteiger partial charge on any atom is 0.416 e. The van der Waals surface area contributed by atoms with Gasteiger partial charge in [0.05, 0.1) is 134 Å². The average Bonchev–Trinajstić information content (AvgIpc) is 1.56. The van der Waals surface area contributed by atoms with Crippen LogP contribution in [0.15, 0.2) is 91.0 Å². The van der Waals surface area contributed by atoms with Crippen LogP contribution in [0.25, 0.3) is 0 Å². The second kappa shape index (κ2) is 41.9. The lowest BCUT2D eigenvalue weighted by atomic mass is 9.93. The molecular weight excluding hydrogens is 1670 g/mol. The maximum absolute atomic E-state index is 14.9. The molecule has 17 atom stereocenters. The highest BCUT2D eigenvalue weighted by molar-refractivity contribution is 6.07. The van der Waals surface area contributed by atoms with Crippen LogP contribution in [0.2, 0.25) is 0 Å². The second-order valence-corrected chi connectivity index (χ2v) is 32.5. The molecule has 0 radical (unpaired) electrons. The Hall–Kier alpha value is -10.9. The molecule has 686 valence electrons. The Morgan fingerprint density at radius 3 is 1.61 bits per heavy atom. The fourth-order valence-electron chi connectivity index (χ4n) is 17.0. The number of rotatable bonds is 38. The highest BCUT2D eigenvalue weighted by Gasteiger charge is 2.59. The van der Waals surface area contributed by atoms with Gasteiger partial charge in [-0.05, 0) is 140 Å². The molecule has 6 aliphatic heterocycles. The fourth-order valence-corrected chi connectivity index (χ4v) is 17.0. The number of carboxylic acids is 2. The molecule has 0 aromatic heterocycles. The lowest BCUT2D eigenvalue weighted by molar-refractivity contribution is -0.271. The first-order valence-corrected chi connectivity index (χ1v) is 42.4. The molecule has 3 saturated heterocycles. The van der Waals surface area contributed by atoms with Crippen LogP contribution in [0.5, 0.6) is 34.5 Å². The number of fused-ring (bicyclic) bond motifs is 6. The number of benzene rings is 5. The van der Waals surface area contributed by atoms with Gasteiger partial charge in [0.25, 0.3) is 11.8 Å². The zero-order valence-corrected chi connectivity index (χ0v) is 69.9. The zero-order valence-electron chi connectivity index (χ0n) is 69.9. The number of amides is 6. The van der Waals surface area contributed by atoms with Crippen molar-refractivity contribution >= 4 is 65.0 Å². The summed E-state index contributed by atoms with van der Waals surface area (Å²) in [6.45, 7) is 1.79. The maximum atomic E-state index is 14.9. The summed E-state index contributed by atoms with van der Waals surface area (Å²) in [5.41, 5.74) is 1.80. The lowest BCUT2D eigenvalue weighted by Crippen LogP contribution is -2.61. The van der Waals surface area contributed by atoms with Crippen LogP contribution in [0.3, 0.4) is 0 Å². The number of carbonyl (C=O) groups is 8. The van der Waals surface area contributed by atoms with Crippen molar-refractivity contribution in [2.24, 2.45) is 23.2 Å². The molecule has 2 saturated carbocycles. The predicted octanol–water partition coefficient (Wildman–Crippen LogP) is 3.95. The van der Waals surface area contributed by atoms with Gasteiger partial charge < -0.3 is 143 Å². The van der Waals surface area contributed by atoms with E-state index in [9.17, 15) is 89.4 Å². The smallest absolute Gasteiger partial charge is 0.416 e. The molecule has 12 N–H and O–H groups in total. The molecule has 5 aromatic carbocycles. The van der Waals surface area contributed by atoms with Crippen molar-refractivity contribution < 1.29 is 160 Å². The normalized spacial score (nSPS) is 26.4. The number of anilines is 3. The molecular formula is C88H106N6O33. The summed E-state index contributed by atoms with van der Waals surface area (Å²) in [6, 6.07) is 21.1.